The highest BCUT2D eigenvalue weighted by molar-refractivity contribution is 8.00. The molecule has 1 N–H and O–H groups in total. The lowest BCUT2D eigenvalue weighted by Crippen LogP contribution is -2.19. The zero-order valence-corrected chi connectivity index (χ0v) is 12.4. The van der Waals surface area contributed by atoms with E-state index in [1.54, 1.807) is 6.07 Å². The van der Waals surface area contributed by atoms with Gasteiger partial charge in [-0.05, 0) is 31.2 Å². The molecule has 2 aromatic rings. The maximum Gasteiger partial charge on any atom is 0.250 e. The number of benzene rings is 1. The molecule has 1 aromatic heterocycles. The molecule has 0 spiro atoms. The minimum atomic E-state index is -0.271. The third-order valence-corrected chi connectivity index (χ3v) is 4.19. The number of carbonyl (C=O) groups is 1. The highest BCUT2D eigenvalue weighted by atomic mass is 32.2. The number of thiophene rings is 1. The molecule has 0 aliphatic rings. The van der Waals surface area contributed by atoms with Gasteiger partial charge in [0.2, 0.25) is 5.91 Å². The summed E-state index contributed by atoms with van der Waals surface area (Å²) in [5.41, 5.74) is 3.60. The molecule has 3 nitrogen and oxygen atoms in total. The molecule has 0 atom stereocenters. The van der Waals surface area contributed by atoms with Crippen LogP contribution in [0.3, 0.4) is 0 Å². The Hall–Kier alpha value is -1.66. The molecule has 0 aliphatic heterocycles. The van der Waals surface area contributed by atoms with E-state index in [1.807, 2.05) is 31.2 Å². The van der Waals surface area contributed by atoms with Crippen molar-refractivity contribution in [3.8, 4) is 0 Å². The van der Waals surface area contributed by atoms with Crippen molar-refractivity contribution in [3.05, 3.63) is 52.0 Å². The first-order chi connectivity index (χ1) is 9.63. The Balaban J connectivity index is 1.75. The SMILES string of the molecule is Cc1ccc(SCC(=O)N/N=C/c2ccc(F)s2)cc1. The number of hydrazone groups is 1. The van der Waals surface area contributed by atoms with Crippen LogP contribution in [0.2, 0.25) is 0 Å². The fraction of sp³-hybridized carbons (Fsp3) is 0.143. The minimum Gasteiger partial charge on any atom is -0.272 e. The summed E-state index contributed by atoms with van der Waals surface area (Å²) in [7, 11) is 0. The van der Waals surface area contributed by atoms with Gasteiger partial charge >= 0.3 is 0 Å². The number of hydrogen-bond acceptors (Lipinski definition) is 4. The van der Waals surface area contributed by atoms with E-state index in [1.165, 1.54) is 29.6 Å². The van der Waals surface area contributed by atoms with Crippen LogP contribution in [0.15, 0.2) is 46.4 Å². The monoisotopic (exact) mass is 308 g/mol. The van der Waals surface area contributed by atoms with Crippen LogP contribution < -0.4 is 5.43 Å². The third-order valence-electron chi connectivity index (χ3n) is 2.37. The third kappa shape index (κ3) is 4.79. The van der Waals surface area contributed by atoms with Crippen molar-refractivity contribution in [2.75, 3.05) is 5.75 Å². The first-order valence-corrected chi connectivity index (χ1v) is 7.70. The van der Waals surface area contributed by atoms with Gasteiger partial charge in [-0.25, -0.2) is 5.43 Å². The van der Waals surface area contributed by atoms with E-state index in [0.717, 1.165) is 16.2 Å². The highest BCUT2D eigenvalue weighted by Crippen LogP contribution is 2.17. The van der Waals surface area contributed by atoms with Crippen LogP contribution >= 0.6 is 23.1 Å². The van der Waals surface area contributed by atoms with Crippen molar-refractivity contribution in [1.29, 1.82) is 0 Å². The summed E-state index contributed by atoms with van der Waals surface area (Å²) in [4.78, 5) is 13.3. The van der Waals surface area contributed by atoms with E-state index in [0.29, 0.717) is 10.6 Å². The quantitative estimate of drug-likeness (QED) is 0.522. The van der Waals surface area contributed by atoms with Crippen molar-refractivity contribution in [3.63, 3.8) is 0 Å². The lowest BCUT2D eigenvalue weighted by Gasteiger charge is -2.01. The number of nitrogens with zero attached hydrogens (tertiary/aromatic N) is 1. The molecule has 1 aromatic carbocycles. The average Bonchev–Trinajstić information content (AvgIpc) is 2.84. The van der Waals surface area contributed by atoms with Crippen molar-refractivity contribution in [2.45, 2.75) is 11.8 Å². The number of nitrogens with one attached hydrogen (secondary N) is 1. The van der Waals surface area contributed by atoms with Crippen molar-refractivity contribution in [1.82, 2.24) is 5.43 Å². The summed E-state index contributed by atoms with van der Waals surface area (Å²) in [6.45, 7) is 2.02. The molecule has 0 saturated carbocycles. The Morgan fingerprint density at radius 3 is 2.75 bits per heavy atom. The summed E-state index contributed by atoms with van der Waals surface area (Å²) in [6, 6.07) is 10.9. The van der Waals surface area contributed by atoms with Gasteiger partial charge in [-0.1, -0.05) is 17.7 Å². The smallest absolute Gasteiger partial charge is 0.250 e. The van der Waals surface area contributed by atoms with E-state index in [4.69, 9.17) is 0 Å². The fourth-order valence-electron chi connectivity index (χ4n) is 1.38. The number of halogens is 1. The van der Waals surface area contributed by atoms with Crippen LogP contribution in [0, 0.1) is 12.1 Å². The maximum atomic E-state index is 12.7. The number of rotatable bonds is 5. The first kappa shape index (κ1) is 14.7. The molecule has 0 radical (unpaired) electrons. The molecule has 0 unspecified atom stereocenters. The second kappa shape index (κ2) is 7.21. The molecular weight excluding hydrogens is 295 g/mol. The van der Waals surface area contributed by atoms with Crippen LogP contribution in [-0.4, -0.2) is 17.9 Å². The van der Waals surface area contributed by atoms with Crippen molar-refractivity contribution < 1.29 is 9.18 Å². The molecule has 0 fully saturated rings. The van der Waals surface area contributed by atoms with Crippen molar-refractivity contribution in [2.24, 2.45) is 5.10 Å². The van der Waals surface area contributed by atoms with Crippen LogP contribution in [-0.2, 0) is 4.79 Å². The minimum absolute atomic E-state index is 0.191. The number of aryl methyl sites for hydroxylation is 1. The van der Waals surface area contributed by atoms with Gasteiger partial charge in [-0.3, -0.25) is 4.79 Å². The molecule has 0 bridgehead atoms. The maximum absolute atomic E-state index is 12.7. The summed E-state index contributed by atoms with van der Waals surface area (Å²) < 4.78 is 12.7. The Labute approximate surface area is 124 Å². The van der Waals surface area contributed by atoms with E-state index < -0.39 is 0 Å². The zero-order valence-electron chi connectivity index (χ0n) is 10.8. The fourth-order valence-corrected chi connectivity index (χ4v) is 2.67. The molecule has 2 rings (SSSR count). The number of thioether (sulfide) groups is 1. The van der Waals surface area contributed by atoms with Gasteiger partial charge in [0.15, 0.2) is 5.13 Å². The first-order valence-electron chi connectivity index (χ1n) is 5.90. The molecule has 0 saturated heterocycles. The van der Waals surface area contributed by atoms with Gasteiger partial charge in [0.1, 0.15) is 0 Å². The summed E-state index contributed by atoms with van der Waals surface area (Å²) >= 11 is 2.42. The van der Waals surface area contributed by atoms with Crippen LogP contribution in [0.1, 0.15) is 10.4 Å². The van der Waals surface area contributed by atoms with Gasteiger partial charge in [0.25, 0.3) is 0 Å². The van der Waals surface area contributed by atoms with Crippen LogP contribution in [0.4, 0.5) is 4.39 Å². The summed E-state index contributed by atoms with van der Waals surface area (Å²) in [5.74, 6) is 0.1000. The summed E-state index contributed by atoms with van der Waals surface area (Å²) in [6.07, 6.45) is 1.43. The van der Waals surface area contributed by atoms with E-state index >= 15 is 0 Å². The van der Waals surface area contributed by atoms with Crippen LogP contribution in [0.25, 0.3) is 0 Å². The normalized spacial score (nSPS) is 10.9. The van der Waals surface area contributed by atoms with Gasteiger partial charge in [-0.2, -0.15) is 9.49 Å². The highest BCUT2D eigenvalue weighted by Gasteiger charge is 2.01. The Morgan fingerprint density at radius 2 is 2.10 bits per heavy atom. The second-order valence-electron chi connectivity index (χ2n) is 4.04. The zero-order chi connectivity index (χ0) is 14.4. The lowest BCUT2D eigenvalue weighted by molar-refractivity contribution is -0.118. The topological polar surface area (TPSA) is 41.5 Å². The van der Waals surface area contributed by atoms with Gasteiger partial charge in [0, 0.05) is 4.90 Å². The molecule has 0 aliphatic carbocycles. The Kier molecular flexibility index (Phi) is 5.31. The molecule has 1 heterocycles. The average molecular weight is 308 g/mol. The van der Waals surface area contributed by atoms with Crippen molar-refractivity contribution >= 4 is 35.2 Å². The summed E-state index contributed by atoms with van der Waals surface area (Å²) in [5, 5.41) is 3.52. The van der Waals surface area contributed by atoms with Gasteiger partial charge in [0.05, 0.1) is 16.8 Å². The van der Waals surface area contributed by atoms with E-state index in [9.17, 15) is 9.18 Å². The molecule has 104 valence electrons. The van der Waals surface area contributed by atoms with Gasteiger partial charge < -0.3 is 0 Å². The predicted molar refractivity (Wildman–Crippen MR) is 81.9 cm³/mol. The molecular formula is C14H13FN2OS2. The molecule has 1 amide bonds. The Bertz CT molecular complexity index is 608. The number of carbonyl (C=O) groups excluding carboxylic acids is 1. The van der Waals surface area contributed by atoms with E-state index in [-0.39, 0.29) is 11.0 Å². The standard InChI is InChI=1S/C14H13FN2OS2/c1-10-2-4-11(5-3-10)19-9-14(18)17-16-8-12-6-7-13(15)20-12/h2-8H,9H2,1H3,(H,17,18)/b16-8+. The molecule has 20 heavy (non-hydrogen) atoms. The molecule has 6 heteroatoms. The number of hydrogen-bond donors (Lipinski definition) is 1. The van der Waals surface area contributed by atoms with Crippen LogP contribution in [0.5, 0.6) is 0 Å². The van der Waals surface area contributed by atoms with E-state index in [2.05, 4.69) is 10.5 Å². The second-order valence-corrected chi connectivity index (χ2v) is 6.15. The van der Waals surface area contributed by atoms with Gasteiger partial charge in [-0.15, -0.1) is 23.1 Å². The largest absolute Gasteiger partial charge is 0.272 e. The number of amides is 1. The Morgan fingerprint density at radius 1 is 1.35 bits per heavy atom. The lowest BCUT2D eigenvalue weighted by atomic mass is 10.2. The predicted octanol–water partition coefficient (Wildman–Crippen LogP) is 3.44.